The summed E-state index contributed by atoms with van der Waals surface area (Å²) < 4.78 is 7.07. The van der Waals surface area contributed by atoms with Crippen LogP contribution in [-0.2, 0) is 28.9 Å². The number of esters is 1. The van der Waals surface area contributed by atoms with Gasteiger partial charge in [0.2, 0.25) is 5.91 Å². The molecule has 1 aromatic carbocycles. The first-order valence-corrected chi connectivity index (χ1v) is 12.2. The first kappa shape index (κ1) is 23.0. The highest BCUT2D eigenvalue weighted by Crippen LogP contribution is 2.37. The van der Waals surface area contributed by atoms with Crippen LogP contribution in [0.25, 0.3) is 0 Å². The summed E-state index contributed by atoms with van der Waals surface area (Å²) >= 11 is 0. The van der Waals surface area contributed by atoms with Gasteiger partial charge < -0.3 is 14.5 Å². The van der Waals surface area contributed by atoms with Crippen LogP contribution in [0.2, 0.25) is 0 Å². The number of benzene rings is 1. The topological polar surface area (TPSA) is 93.5 Å². The molecule has 5 rings (SSSR count). The van der Waals surface area contributed by atoms with Crippen molar-refractivity contribution in [1.82, 2.24) is 19.7 Å². The Morgan fingerprint density at radius 1 is 1.14 bits per heavy atom. The number of aromatic nitrogens is 4. The van der Waals surface area contributed by atoms with E-state index in [1.54, 1.807) is 30.3 Å². The maximum Gasteiger partial charge on any atom is 0.338 e. The molecule has 2 aliphatic rings. The van der Waals surface area contributed by atoms with Crippen LogP contribution in [0.4, 0.5) is 11.5 Å². The van der Waals surface area contributed by atoms with Gasteiger partial charge in [-0.2, -0.15) is 5.10 Å². The number of carbonyl (C=O) groups excluding carboxylic acids is 2. The van der Waals surface area contributed by atoms with Crippen LogP contribution in [0.5, 0.6) is 0 Å². The van der Waals surface area contributed by atoms with E-state index >= 15 is 0 Å². The van der Waals surface area contributed by atoms with Gasteiger partial charge in [0.1, 0.15) is 17.6 Å². The SMILES string of the molecule is CCCOC(=O)c1ccc(Cn2cc(CCc3ncc4c(n3)N3CCC[C@H]3C(=O)N4C)cn2)cc1. The molecule has 0 N–H and O–H groups in total. The monoisotopic (exact) mass is 474 g/mol. The minimum Gasteiger partial charge on any atom is -0.462 e. The highest BCUT2D eigenvalue weighted by Gasteiger charge is 2.40. The van der Waals surface area contributed by atoms with Gasteiger partial charge in [-0.25, -0.2) is 14.8 Å². The normalized spacial score (nSPS) is 16.9. The molecule has 0 spiro atoms. The van der Waals surface area contributed by atoms with E-state index in [1.165, 1.54) is 0 Å². The predicted octanol–water partition coefficient (Wildman–Crippen LogP) is 3.02. The third kappa shape index (κ3) is 4.76. The maximum absolute atomic E-state index is 12.6. The van der Waals surface area contributed by atoms with E-state index in [0.29, 0.717) is 25.1 Å². The molecule has 35 heavy (non-hydrogen) atoms. The Morgan fingerprint density at radius 3 is 2.77 bits per heavy atom. The summed E-state index contributed by atoms with van der Waals surface area (Å²) in [6, 6.07) is 7.35. The second-order valence-corrected chi connectivity index (χ2v) is 9.12. The molecule has 9 nitrogen and oxygen atoms in total. The summed E-state index contributed by atoms with van der Waals surface area (Å²) in [5.74, 6) is 1.49. The van der Waals surface area contributed by atoms with E-state index in [4.69, 9.17) is 9.72 Å². The Labute approximate surface area is 204 Å². The zero-order valence-corrected chi connectivity index (χ0v) is 20.2. The van der Waals surface area contributed by atoms with Gasteiger partial charge in [-0.05, 0) is 48.9 Å². The molecule has 0 saturated carbocycles. The number of ether oxygens (including phenoxy) is 1. The summed E-state index contributed by atoms with van der Waals surface area (Å²) in [6.45, 7) is 3.89. The van der Waals surface area contributed by atoms with E-state index in [9.17, 15) is 9.59 Å². The van der Waals surface area contributed by atoms with Crippen molar-refractivity contribution in [3.8, 4) is 0 Å². The van der Waals surface area contributed by atoms with Crippen molar-refractivity contribution in [3.63, 3.8) is 0 Å². The summed E-state index contributed by atoms with van der Waals surface area (Å²) in [4.78, 5) is 37.7. The first-order chi connectivity index (χ1) is 17.0. The fourth-order valence-corrected chi connectivity index (χ4v) is 4.68. The van der Waals surface area contributed by atoms with Gasteiger partial charge in [0.05, 0.1) is 31.1 Å². The molecule has 2 aromatic heterocycles. The van der Waals surface area contributed by atoms with Crippen LogP contribution in [0, 0.1) is 0 Å². The fraction of sp³-hybridized carbons (Fsp3) is 0.423. The third-order valence-corrected chi connectivity index (χ3v) is 6.60. The lowest BCUT2D eigenvalue weighted by Crippen LogP contribution is -2.49. The smallest absolute Gasteiger partial charge is 0.338 e. The molecule has 182 valence electrons. The van der Waals surface area contributed by atoms with Crippen LogP contribution in [0.1, 0.15) is 53.5 Å². The van der Waals surface area contributed by atoms with Crippen LogP contribution in [-0.4, -0.2) is 57.9 Å². The Bertz CT molecular complexity index is 1220. The highest BCUT2D eigenvalue weighted by molar-refractivity contribution is 6.04. The van der Waals surface area contributed by atoms with Crippen LogP contribution in [0.3, 0.4) is 0 Å². The molecule has 3 aromatic rings. The van der Waals surface area contributed by atoms with Crippen molar-refractivity contribution < 1.29 is 14.3 Å². The van der Waals surface area contributed by atoms with Gasteiger partial charge in [0.25, 0.3) is 0 Å². The lowest BCUT2D eigenvalue weighted by molar-refractivity contribution is -0.119. The molecule has 4 heterocycles. The van der Waals surface area contributed by atoms with Crippen LogP contribution in [0.15, 0.2) is 42.9 Å². The van der Waals surface area contributed by atoms with Gasteiger partial charge >= 0.3 is 5.97 Å². The molecule has 0 aliphatic carbocycles. The molecule has 1 saturated heterocycles. The Kier molecular flexibility index (Phi) is 6.48. The van der Waals surface area contributed by atoms with Gasteiger partial charge in [0.15, 0.2) is 5.82 Å². The van der Waals surface area contributed by atoms with Crippen molar-refractivity contribution in [2.24, 2.45) is 0 Å². The molecular formula is C26H30N6O3. The Morgan fingerprint density at radius 2 is 1.97 bits per heavy atom. The quantitative estimate of drug-likeness (QED) is 0.463. The molecular weight excluding hydrogens is 444 g/mol. The Balaban J connectivity index is 1.20. The van der Waals surface area contributed by atoms with Crippen molar-refractivity contribution >= 4 is 23.4 Å². The van der Waals surface area contributed by atoms with Gasteiger partial charge in [-0.1, -0.05) is 19.1 Å². The molecule has 0 radical (unpaired) electrons. The number of hydrogen-bond donors (Lipinski definition) is 0. The van der Waals surface area contributed by atoms with Crippen molar-refractivity contribution in [3.05, 3.63) is 65.4 Å². The Hall–Kier alpha value is -3.75. The fourth-order valence-electron chi connectivity index (χ4n) is 4.68. The zero-order valence-electron chi connectivity index (χ0n) is 20.2. The molecule has 0 bridgehead atoms. The number of aryl methyl sites for hydroxylation is 2. The van der Waals surface area contributed by atoms with Crippen molar-refractivity contribution in [1.29, 1.82) is 0 Å². The standard InChI is InChI=1S/C26H30N6O3/c1-3-13-35-26(34)20-9-6-18(7-10-20)16-31-17-19(14-28-31)8-11-23-27-15-22-24(29-23)32-12-4-5-21(32)25(33)30(22)2/h6-7,9-10,14-15,17,21H,3-5,8,11-13,16H2,1-2H3/t21-/m0/s1. The highest BCUT2D eigenvalue weighted by atomic mass is 16.5. The minimum absolute atomic E-state index is 0.0930. The second-order valence-electron chi connectivity index (χ2n) is 9.12. The first-order valence-electron chi connectivity index (χ1n) is 12.2. The minimum atomic E-state index is -0.289. The molecule has 1 amide bonds. The largest absolute Gasteiger partial charge is 0.462 e. The predicted molar refractivity (Wildman–Crippen MR) is 132 cm³/mol. The number of likely N-dealkylation sites (N-methyl/N-ethyl adjacent to an activating group) is 1. The lowest BCUT2D eigenvalue weighted by Gasteiger charge is -2.36. The summed E-state index contributed by atoms with van der Waals surface area (Å²) in [6.07, 6.45) is 9.85. The number of rotatable bonds is 8. The summed E-state index contributed by atoms with van der Waals surface area (Å²) in [5.41, 5.74) is 3.51. The lowest BCUT2D eigenvalue weighted by atomic mass is 10.1. The van der Waals surface area contributed by atoms with Crippen LogP contribution >= 0.6 is 0 Å². The molecule has 9 heteroatoms. The number of anilines is 2. The van der Waals surface area contributed by atoms with E-state index in [0.717, 1.165) is 60.7 Å². The average molecular weight is 475 g/mol. The van der Waals surface area contributed by atoms with Gasteiger partial charge in [-0.3, -0.25) is 9.48 Å². The maximum atomic E-state index is 12.6. The van der Waals surface area contributed by atoms with E-state index in [1.807, 2.05) is 36.1 Å². The second kappa shape index (κ2) is 9.85. The van der Waals surface area contributed by atoms with Gasteiger partial charge in [-0.15, -0.1) is 0 Å². The number of amides is 1. The van der Waals surface area contributed by atoms with Crippen molar-refractivity contribution in [2.45, 2.75) is 51.6 Å². The number of fused-ring (bicyclic) bond motifs is 3. The zero-order chi connectivity index (χ0) is 24.4. The molecule has 1 fully saturated rings. The summed E-state index contributed by atoms with van der Waals surface area (Å²) in [5, 5.41) is 4.49. The van der Waals surface area contributed by atoms with Crippen LogP contribution < -0.4 is 9.80 Å². The number of nitrogens with zero attached hydrogens (tertiary/aromatic N) is 6. The summed E-state index contributed by atoms with van der Waals surface area (Å²) in [7, 11) is 1.81. The number of hydrogen-bond acceptors (Lipinski definition) is 7. The van der Waals surface area contributed by atoms with Gasteiger partial charge in [0, 0.05) is 26.2 Å². The van der Waals surface area contributed by atoms with E-state index in [-0.39, 0.29) is 17.9 Å². The average Bonchev–Trinajstić information content (AvgIpc) is 3.55. The van der Waals surface area contributed by atoms with E-state index in [2.05, 4.69) is 15.0 Å². The number of carbonyl (C=O) groups is 2. The molecule has 0 unspecified atom stereocenters. The molecule has 1 atom stereocenters. The van der Waals surface area contributed by atoms with Crippen molar-refractivity contribution in [2.75, 3.05) is 30.0 Å². The van der Waals surface area contributed by atoms with E-state index < -0.39 is 0 Å². The molecule has 2 aliphatic heterocycles. The third-order valence-electron chi connectivity index (χ3n) is 6.60.